The summed E-state index contributed by atoms with van der Waals surface area (Å²) in [6, 6.07) is 10.4. The summed E-state index contributed by atoms with van der Waals surface area (Å²) >= 11 is -1.15. The van der Waals surface area contributed by atoms with Crippen LogP contribution in [-0.4, -0.2) is 28.8 Å². The zero-order valence-electron chi connectivity index (χ0n) is 12.0. The number of alkyl halides is 5. The van der Waals surface area contributed by atoms with Crippen LogP contribution >= 0.6 is 12.0 Å². The van der Waals surface area contributed by atoms with Gasteiger partial charge in [-0.2, -0.15) is 22.0 Å². The van der Waals surface area contributed by atoms with Crippen molar-refractivity contribution in [3.8, 4) is 0 Å². The molecule has 1 N–H and O–H groups in total. The fraction of sp³-hybridized carbons (Fsp3) is 0.214. The van der Waals surface area contributed by atoms with Gasteiger partial charge in [-0.15, -0.1) is 4.33 Å². The van der Waals surface area contributed by atoms with Crippen molar-refractivity contribution in [3.63, 3.8) is 0 Å². The van der Waals surface area contributed by atoms with Crippen LogP contribution in [0.5, 0.6) is 0 Å². The number of rotatable bonds is 6. The number of ether oxygens (including phenoxy) is 1. The lowest BCUT2D eigenvalue weighted by atomic mass is 10.1. The molecule has 0 aliphatic carbocycles. The molecular formula is C14H9F5O5S. The Morgan fingerprint density at radius 2 is 1.68 bits per heavy atom. The number of hydrogen-bond acceptors (Lipinski definition) is 6. The van der Waals surface area contributed by atoms with Crippen LogP contribution in [0.3, 0.4) is 0 Å². The SMILES string of the molecule is O=C(OC(C(F)(F)F)C(F)(F)SOOO)c1ccc2ccccc2c1. The number of halogens is 5. The molecule has 0 radical (unpaired) electrons. The van der Waals surface area contributed by atoms with E-state index in [1.54, 1.807) is 24.3 Å². The van der Waals surface area contributed by atoms with Crippen molar-refractivity contribution < 1.29 is 46.1 Å². The van der Waals surface area contributed by atoms with Gasteiger partial charge in [-0.3, -0.25) is 0 Å². The Morgan fingerprint density at radius 1 is 1.04 bits per heavy atom. The molecule has 11 heteroatoms. The van der Waals surface area contributed by atoms with E-state index in [4.69, 9.17) is 5.26 Å². The summed E-state index contributed by atoms with van der Waals surface area (Å²) in [7, 11) is 0. The largest absolute Gasteiger partial charge is 0.441 e. The maximum atomic E-state index is 13.5. The summed E-state index contributed by atoms with van der Waals surface area (Å²) in [6.45, 7) is 0. The minimum atomic E-state index is -5.60. The number of carbonyl (C=O) groups is 1. The van der Waals surface area contributed by atoms with E-state index in [1.807, 2.05) is 0 Å². The third kappa shape index (κ3) is 4.78. The minimum absolute atomic E-state index is 0.340. The Bertz CT molecular complexity index is 752. The average molecular weight is 384 g/mol. The molecule has 2 rings (SSSR count). The predicted molar refractivity (Wildman–Crippen MR) is 76.5 cm³/mol. The number of hydrogen-bond donors (Lipinski definition) is 1. The number of fused-ring (bicyclic) bond motifs is 1. The molecule has 0 spiro atoms. The smallest absolute Gasteiger partial charge is 0.432 e. The van der Waals surface area contributed by atoms with Crippen molar-refractivity contribution in [2.75, 3.05) is 0 Å². The second-order valence-electron chi connectivity index (χ2n) is 4.68. The first-order chi connectivity index (χ1) is 11.6. The standard InChI is InChI=1S/C14H9F5O5S/c15-13(16,17)12(14(18,19)25-24-23-21)22-11(20)10-6-5-8-3-1-2-4-9(8)7-10/h1-7,12,21H. The molecule has 0 heterocycles. The second-order valence-corrected chi connectivity index (χ2v) is 5.52. The Kier molecular flexibility index (Phi) is 5.83. The van der Waals surface area contributed by atoms with Crippen LogP contribution in [-0.2, 0) is 14.1 Å². The summed E-state index contributed by atoms with van der Waals surface area (Å²) in [6.07, 6.45) is -9.42. The molecule has 136 valence electrons. The van der Waals surface area contributed by atoms with Gasteiger partial charge in [0.1, 0.15) is 12.0 Å². The van der Waals surface area contributed by atoms with Crippen LogP contribution in [0.4, 0.5) is 22.0 Å². The van der Waals surface area contributed by atoms with Crippen LogP contribution in [0.15, 0.2) is 42.5 Å². The Morgan fingerprint density at radius 3 is 2.28 bits per heavy atom. The highest BCUT2D eigenvalue weighted by molar-refractivity contribution is 7.95. The predicted octanol–water partition coefficient (Wildman–Crippen LogP) is 4.59. The number of esters is 1. The molecule has 5 nitrogen and oxygen atoms in total. The van der Waals surface area contributed by atoms with E-state index in [0.29, 0.717) is 10.8 Å². The van der Waals surface area contributed by atoms with Crippen molar-refractivity contribution in [2.24, 2.45) is 0 Å². The zero-order chi connectivity index (χ0) is 18.7. The minimum Gasteiger partial charge on any atom is -0.441 e. The molecule has 2 aromatic rings. The highest BCUT2D eigenvalue weighted by Gasteiger charge is 2.60. The fourth-order valence-corrected chi connectivity index (χ4v) is 2.31. The van der Waals surface area contributed by atoms with Crippen molar-refractivity contribution in [1.29, 1.82) is 0 Å². The van der Waals surface area contributed by atoms with E-state index in [-0.39, 0.29) is 5.56 Å². The van der Waals surface area contributed by atoms with Gasteiger partial charge >= 0.3 is 17.4 Å². The van der Waals surface area contributed by atoms with Gasteiger partial charge < -0.3 is 4.74 Å². The lowest BCUT2D eigenvalue weighted by Crippen LogP contribution is -2.46. The van der Waals surface area contributed by atoms with Gasteiger partial charge in [0.25, 0.3) is 6.10 Å². The second kappa shape index (κ2) is 7.52. The Hall–Kier alpha value is -1.95. The van der Waals surface area contributed by atoms with Crippen LogP contribution in [0, 0.1) is 0 Å². The van der Waals surface area contributed by atoms with Crippen molar-refractivity contribution in [3.05, 3.63) is 48.0 Å². The van der Waals surface area contributed by atoms with E-state index >= 15 is 0 Å². The van der Waals surface area contributed by atoms with E-state index < -0.39 is 35.5 Å². The highest BCUT2D eigenvalue weighted by Crippen LogP contribution is 2.42. The van der Waals surface area contributed by atoms with Crippen molar-refractivity contribution >= 4 is 28.8 Å². The van der Waals surface area contributed by atoms with Crippen molar-refractivity contribution in [2.45, 2.75) is 17.5 Å². The molecule has 25 heavy (non-hydrogen) atoms. The molecule has 0 aromatic heterocycles. The van der Waals surface area contributed by atoms with E-state index in [1.165, 1.54) is 12.1 Å². The lowest BCUT2D eigenvalue weighted by molar-refractivity contribution is -0.434. The topological polar surface area (TPSA) is 65.0 Å². The third-order valence-electron chi connectivity index (χ3n) is 2.99. The first-order valence-corrected chi connectivity index (χ1v) is 7.19. The van der Waals surface area contributed by atoms with Gasteiger partial charge in [-0.25, -0.2) is 10.1 Å². The van der Waals surface area contributed by atoms with Gasteiger partial charge in [0.15, 0.2) is 0 Å². The van der Waals surface area contributed by atoms with Gasteiger partial charge in [-0.1, -0.05) is 35.4 Å². The average Bonchev–Trinajstić information content (AvgIpc) is 2.56. The molecule has 0 amide bonds. The summed E-state index contributed by atoms with van der Waals surface area (Å²) < 4.78 is 72.9. The molecule has 0 bridgehead atoms. The molecule has 2 aromatic carbocycles. The molecule has 0 saturated heterocycles. The van der Waals surface area contributed by atoms with E-state index in [0.717, 1.165) is 6.07 Å². The van der Waals surface area contributed by atoms with Gasteiger partial charge in [0.2, 0.25) is 0 Å². The Labute approximate surface area is 141 Å². The first kappa shape index (κ1) is 19.4. The fourth-order valence-electron chi connectivity index (χ4n) is 1.92. The van der Waals surface area contributed by atoms with E-state index in [9.17, 15) is 26.7 Å². The summed E-state index contributed by atoms with van der Waals surface area (Å²) in [4.78, 5) is 11.9. The van der Waals surface area contributed by atoms with Crippen LogP contribution in [0.25, 0.3) is 10.8 Å². The maximum absolute atomic E-state index is 13.5. The molecule has 0 aliphatic rings. The third-order valence-corrected chi connectivity index (χ3v) is 3.55. The normalized spacial score (nSPS) is 13.7. The lowest BCUT2D eigenvalue weighted by Gasteiger charge is -2.26. The quantitative estimate of drug-likeness (QED) is 0.258. The van der Waals surface area contributed by atoms with Gasteiger partial charge in [0.05, 0.1) is 5.56 Å². The van der Waals surface area contributed by atoms with Crippen LogP contribution in [0.2, 0.25) is 0 Å². The summed E-state index contributed by atoms with van der Waals surface area (Å²) in [5.74, 6) is -1.60. The van der Waals surface area contributed by atoms with Crippen molar-refractivity contribution in [1.82, 2.24) is 0 Å². The number of benzene rings is 2. The molecule has 0 aliphatic heterocycles. The van der Waals surface area contributed by atoms with Crippen LogP contribution in [0.1, 0.15) is 10.4 Å². The molecule has 0 saturated carbocycles. The van der Waals surface area contributed by atoms with E-state index in [2.05, 4.69) is 14.1 Å². The molecule has 1 atom stereocenters. The van der Waals surface area contributed by atoms with Crippen LogP contribution < -0.4 is 0 Å². The summed E-state index contributed by atoms with van der Waals surface area (Å²) in [5, 5.41) is 7.10. The molecular weight excluding hydrogens is 375 g/mol. The monoisotopic (exact) mass is 384 g/mol. The number of carbonyl (C=O) groups excluding carboxylic acids is 1. The highest BCUT2D eigenvalue weighted by atomic mass is 32.2. The van der Waals surface area contributed by atoms with Gasteiger partial charge in [-0.05, 0) is 22.9 Å². The molecule has 0 fully saturated rings. The zero-order valence-corrected chi connectivity index (χ0v) is 12.8. The maximum Gasteiger partial charge on any atom is 0.432 e. The Balaban J connectivity index is 2.26. The first-order valence-electron chi connectivity index (χ1n) is 6.45. The summed E-state index contributed by atoms with van der Waals surface area (Å²) in [5.41, 5.74) is -0.340. The molecule has 1 unspecified atom stereocenters. The van der Waals surface area contributed by atoms with Gasteiger partial charge in [0, 0.05) is 0 Å².